The van der Waals surface area contributed by atoms with E-state index >= 15 is 0 Å². The first kappa shape index (κ1) is 13.1. The van der Waals surface area contributed by atoms with Crippen molar-refractivity contribution in [2.24, 2.45) is 0 Å². The summed E-state index contributed by atoms with van der Waals surface area (Å²) in [4.78, 5) is 16.2. The molecular weight excluding hydrogens is 304 g/mol. The predicted molar refractivity (Wildman–Crippen MR) is 80.8 cm³/mol. The summed E-state index contributed by atoms with van der Waals surface area (Å²) in [5, 5.41) is 10.8. The Kier molecular flexibility index (Phi) is 3.00. The molecule has 0 spiro atoms. The fraction of sp³-hybridized carbons (Fsp3) is 0.200. The number of aliphatic carboxylic acids is 1. The molecule has 22 heavy (non-hydrogen) atoms. The monoisotopic (exact) mass is 316 g/mol. The smallest absolute Gasteiger partial charge is 0.309 e. The van der Waals surface area contributed by atoms with Gasteiger partial charge in [0.15, 0.2) is 16.5 Å². The number of rotatable bonds is 3. The van der Waals surface area contributed by atoms with Crippen molar-refractivity contribution in [2.75, 3.05) is 13.2 Å². The Morgan fingerprint density at radius 3 is 2.95 bits per heavy atom. The molecule has 1 aromatic carbocycles. The van der Waals surface area contributed by atoms with Crippen molar-refractivity contribution in [3.63, 3.8) is 0 Å². The van der Waals surface area contributed by atoms with Gasteiger partial charge in [-0.25, -0.2) is 4.98 Å². The van der Waals surface area contributed by atoms with E-state index in [2.05, 4.69) is 4.98 Å². The fourth-order valence-electron chi connectivity index (χ4n) is 2.45. The van der Waals surface area contributed by atoms with Gasteiger partial charge in [-0.15, -0.1) is 11.3 Å². The number of carboxylic acids is 1. The number of fused-ring (bicyclic) bond motifs is 2. The molecule has 0 amide bonds. The minimum atomic E-state index is -0.853. The van der Waals surface area contributed by atoms with Crippen LogP contribution in [0.3, 0.4) is 0 Å². The predicted octanol–water partition coefficient (Wildman–Crippen LogP) is 2.46. The van der Waals surface area contributed by atoms with Crippen molar-refractivity contribution in [3.05, 3.63) is 35.5 Å². The van der Waals surface area contributed by atoms with Gasteiger partial charge in [0.1, 0.15) is 13.2 Å². The SMILES string of the molecule is O=C(O)Cc1csc2nc(-c3ccc4c(c3)OCCO4)cn12. The van der Waals surface area contributed by atoms with Gasteiger partial charge in [0.25, 0.3) is 0 Å². The van der Waals surface area contributed by atoms with Gasteiger partial charge in [-0.05, 0) is 18.2 Å². The van der Waals surface area contributed by atoms with E-state index in [1.54, 1.807) is 0 Å². The molecule has 0 radical (unpaired) electrons. The first-order valence-electron chi connectivity index (χ1n) is 6.78. The van der Waals surface area contributed by atoms with E-state index in [0.717, 1.165) is 27.7 Å². The molecule has 7 heteroatoms. The molecule has 0 saturated heterocycles. The molecule has 1 aliphatic rings. The second kappa shape index (κ2) is 5.03. The maximum atomic E-state index is 10.9. The van der Waals surface area contributed by atoms with Gasteiger partial charge in [-0.1, -0.05) is 0 Å². The zero-order valence-electron chi connectivity index (χ0n) is 11.5. The van der Waals surface area contributed by atoms with Gasteiger partial charge < -0.3 is 14.6 Å². The zero-order chi connectivity index (χ0) is 15.1. The minimum Gasteiger partial charge on any atom is -0.486 e. The number of imidazole rings is 1. The van der Waals surface area contributed by atoms with Crippen LogP contribution in [0.25, 0.3) is 16.2 Å². The second-order valence-electron chi connectivity index (χ2n) is 4.93. The molecule has 0 saturated carbocycles. The van der Waals surface area contributed by atoms with E-state index in [9.17, 15) is 4.79 Å². The zero-order valence-corrected chi connectivity index (χ0v) is 12.3. The maximum Gasteiger partial charge on any atom is 0.309 e. The van der Waals surface area contributed by atoms with E-state index in [4.69, 9.17) is 14.6 Å². The number of carbonyl (C=O) groups is 1. The summed E-state index contributed by atoms with van der Waals surface area (Å²) in [7, 11) is 0. The lowest BCUT2D eigenvalue weighted by atomic mass is 10.1. The average molecular weight is 316 g/mol. The van der Waals surface area contributed by atoms with Crippen LogP contribution < -0.4 is 9.47 Å². The number of aromatic nitrogens is 2. The van der Waals surface area contributed by atoms with Crippen molar-refractivity contribution < 1.29 is 19.4 Å². The van der Waals surface area contributed by atoms with Crippen LogP contribution in [0.2, 0.25) is 0 Å². The largest absolute Gasteiger partial charge is 0.486 e. The highest BCUT2D eigenvalue weighted by atomic mass is 32.1. The van der Waals surface area contributed by atoms with Crippen LogP contribution in [-0.2, 0) is 11.2 Å². The summed E-state index contributed by atoms with van der Waals surface area (Å²) in [5.74, 6) is 0.600. The Morgan fingerprint density at radius 2 is 2.14 bits per heavy atom. The third kappa shape index (κ3) is 2.19. The number of ether oxygens (including phenoxy) is 2. The lowest BCUT2D eigenvalue weighted by Gasteiger charge is -2.18. The first-order valence-corrected chi connectivity index (χ1v) is 7.66. The van der Waals surface area contributed by atoms with E-state index < -0.39 is 5.97 Å². The number of nitrogens with zero attached hydrogens (tertiary/aromatic N) is 2. The molecule has 0 aliphatic carbocycles. The number of hydrogen-bond acceptors (Lipinski definition) is 5. The Hall–Kier alpha value is -2.54. The van der Waals surface area contributed by atoms with Crippen molar-refractivity contribution in [3.8, 4) is 22.8 Å². The van der Waals surface area contributed by atoms with Crippen LogP contribution in [0, 0.1) is 0 Å². The summed E-state index contributed by atoms with van der Waals surface area (Å²) in [6.07, 6.45) is 1.84. The molecule has 1 N–H and O–H groups in total. The molecule has 3 aromatic rings. The molecular formula is C15H12N2O4S. The van der Waals surface area contributed by atoms with Gasteiger partial charge in [0.2, 0.25) is 0 Å². The molecule has 4 rings (SSSR count). The van der Waals surface area contributed by atoms with Crippen LogP contribution in [0.4, 0.5) is 0 Å². The molecule has 0 bridgehead atoms. The molecule has 6 nitrogen and oxygen atoms in total. The molecule has 0 atom stereocenters. The van der Waals surface area contributed by atoms with Gasteiger partial charge >= 0.3 is 5.97 Å². The molecule has 1 aliphatic heterocycles. The minimum absolute atomic E-state index is 0.0169. The maximum absolute atomic E-state index is 10.9. The van der Waals surface area contributed by atoms with E-state index in [1.807, 2.05) is 34.2 Å². The summed E-state index contributed by atoms with van der Waals surface area (Å²) in [5.41, 5.74) is 2.43. The Morgan fingerprint density at radius 1 is 1.32 bits per heavy atom. The van der Waals surface area contributed by atoms with Crippen LogP contribution in [0.5, 0.6) is 11.5 Å². The van der Waals surface area contributed by atoms with Gasteiger partial charge in [0, 0.05) is 22.8 Å². The van der Waals surface area contributed by atoms with E-state index in [1.165, 1.54) is 11.3 Å². The molecule has 2 aromatic heterocycles. The van der Waals surface area contributed by atoms with Crippen molar-refractivity contribution >= 4 is 22.3 Å². The quantitative estimate of drug-likeness (QED) is 0.803. The average Bonchev–Trinajstić information content (AvgIpc) is 3.08. The van der Waals surface area contributed by atoms with Crippen LogP contribution in [0.1, 0.15) is 5.69 Å². The van der Waals surface area contributed by atoms with Crippen molar-refractivity contribution in [1.82, 2.24) is 9.38 Å². The Labute approximate surface area is 129 Å². The number of benzene rings is 1. The molecule has 0 unspecified atom stereocenters. The number of thiazole rings is 1. The van der Waals surface area contributed by atoms with Crippen molar-refractivity contribution in [1.29, 1.82) is 0 Å². The van der Waals surface area contributed by atoms with E-state index in [-0.39, 0.29) is 6.42 Å². The first-order chi connectivity index (χ1) is 10.7. The fourth-order valence-corrected chi connectivity index (χ4v) is 3.33. The van der Waals surface area contributed by atoms with Crippen LogP contribution in [0.15, 0.2) is 29.8 Å². The summed E-state index contributed by atoms with van der Waals surface area (Å²) < 4.78 is 12.9. The molecule has 0 fully saturated rings. The number of hydrogen-bond donors (Lipinski definition) is 1. The normalized spacial score (nSPS) is 13.5. The molecule has 3 heterocycles. The van der Waals surface area contributed by atoms with Crippen molar-refractivity contribution in [2.45, 2.75) is 6.42 Å². The van der Waals surface area contributed by atoms with Gasteiger partial charge in [-0.2, -0.15) is 0 Å². The highest BCUT2D eigenvalue weighted by Gasteiger charge is 2.15. The molecule has 112 valence electrons. The summed E-state index contributed by atoms with van der Waals surface area (Å²) in [6.45, 7) is 1.10. The summed E-state index contributed by atoms with van der Waals surface area (Å²) in [6, 6.07) is 5.70. The topological polar surface area (TPSA) is 73.1 Å². The standard InChI is InChI=1S/C15H12N2O4S/c18-14(19)6-10-8-22-15-16-11(7-17(10)15)9-1-2-12-13(5-9)21-4-3-20-12/h1-2,5,7-8H,3-4,6H2,(H,18,19). The van der Waals surface area contributed by atoms with Crippen LogP contribution >= 0.6 is 11.3 Å². The highest BCUT2D eigenvalue weighted by Crippen LogP contribution is 2.34. The second-order valence-corrected chi connectivity index (χ2v) is 5.77. The third-order valence-electron chi connectivity index (χ3n) is 3.45. The van der Waals surface area contributed by atoms with Crippen LogP contribution in [-0.4, -0.2) is 33.7 Å². The lowest BCUT2D eigenvalue weighted by Crippen LogP contribution is -2.15. The Bertz CT molecular complexity index is 868. The van der Waals surface area contributed by atoms with E-state index in [0.29, 0.717) is 19.0 Å². The van der Waals surface area contributed by atoms with Gasteiger partial charge in [0.05, 0.1) is 12.1 Å². The third-order valence-corrected chi connectivity index (χ3v) is 4.34. The summed E-state index contributed by atoms with van der Waals surface area (Å²) >= 11 is 1.43. The highest BCUT2D eigenvalue weighted by molar-refractivity contribution is 7.15. The lowest BCUT2D eigenvalue weighted by molar-refractivity contribution is -0.136. The van der Waals surface area contributed by atoms with Gasteiger partial charge in [-0.3, -0.25) is 9.20 Å². The Balaban J connectivity index is 1.74. The number of carboxylic acid groups (broad SMARTS) is 1.